The van der Waals surface area contributed by atoms with E-state index >= 15 is 0 Å². The van der Waals surface area contributed by atoms with Crippen molar-refractivity contribution in [3.63, 3.8) is 0 Å². The number of esters is 1. The molecule has 0 amide bonds. The van der Waals surface area contributed by atoms with E-state index in [0.717, 1.165) is 16.8 Å². The number of anilines is 1. The van der Waals surface area contributed by atoms with Crippen molar-refractivity contribution < 1.29 is 13.9 Å². The molecule has 5 heteroatoms. The van der Waals surface area contributed by atoms with Gasteiger partial charge in [0.1, 0.15) is 5.82 Å². The predicted octanol–water partition coefficient (Wildman–Crippen LogP) is 4.30. The smallest absolute Gasteiger partial charge is 0.337 e. The molecule has 0 saturated heterocycles. The summed E-state index contributed by atoms with van der Waals surface area (Å²) in [6.45, 7) is 2.48. The van der Waals surface area contributed by atoms with E-state index in [2.05, 4.69) is 21.2 Å². The number of halogens is 2. The first-order valence-corrected chi connectivity index (χ1v) is 7.17. The van der Waals surface area contributed by atoms with Crippen LogP contribution in [0.15, 0.2) is 40.9 Å². The third-order valence-corrected chi connectivity index (χ3v) is 3.73. The number of carbonyl (C=O) groups excluding carboxylic acids is 1. The van der Waals surface area contributed by atoms with Crippen molar-refractivity contribution in [1.82, 2.24) is 0 Å². The van der Waals surface area contributed by atoms with Gasteiger partial charge in [-0.05, 0) is 58.2 Å². The maximum Gasteiger partial charge on any atom is 0.337 e. The van der Waals surface area contributed by atoms with E-state index in [1.807, 2.05) is 13.0 Å². The summed E-state index contributed by atoms with van der Waals surface area (Å²) in [7, 11) is 1.35. The Labute approximate surface area is 131 Å². The van der Waals surface area contributed by atoms with Gasteiger partial charge >= 0.3 is 5.97 Å². The van der Waals surface area contributed by atoms with Crippen LogP contribution in [0.4, 0.5) is 10.1 Å². The summed E-state index contributed by atoms with van der Waals surface area (Å²) >= 11 is 3.16. The molecular formula is C16H15BrFNO2. The summed E-state index contributed by atoms with van der Waals surface area (Å²) in [5.74, 6) is -0.662. The minimum atomic E-state index is -0.373. The fourth-order valence-corrected chi connectivity index (χ4v) is 2.33. The molecular weight excluding hydrogens is 337 g/mol. The molecule has 0 bridgehead atoms. The topological polar surface area (TPSA) is 38.3 Å². The van der Waals surface area contributed by atoms with Crippen LogP contribution in [-0.4, -0.2) is 13.1 Å². The van der Waals surface area contributed by atoms with Crippen LogP contribution >= 0.6 is 15.9 Å². The maximum absolute atomic E-state index is 13.2. The standard InChI is InChI=1S/C16H15BrFNO2/c1-10-3-5-12(16(20)21-2)8-15(10)19-9-11-4-6-14(18)13(17)7-11/h3-8,19H,9H2,1-2H3. The molecule has 0 aromatic heterocycles. The highest BCUT2D eigenvalue weighted by Crippen LogP contribution is 2.20. The summed E-state index contributed by atoms with van der Waals surface area (Å²) in [5.41, 5.74) is 3.29. The van der Waals surface area contributed by atoms with Crippen molar-refractivity contribution in [1.29, 1.82) is 0 Å². The van der Waals surface area contributed by atoms with Gasteiger partial charge in [0, 0.05) is 12.2 Å². The van der Waals surface area contributed by atoms with Crippen molar-refractivity contribution in [3.8, 4) is 0 Å². The lowest BCUT2D eigenvalue weighted by Crippen LogP contribution is -2.05. The fraction of sp³-hybridized carbons (Fsp3) is 0.188. The summed E-state index contributed by atoms with van der Waals surface area (Å²) in [5, 5.41) is 3.24. The Balaban J connectivity index is 2.15. The Morgan fingerprint density at radius 2 is 2.05 bits per heavy atom. The molecule has 21 heavy (non-hydrogen) atoms. The fourth-order valence-electron chi connectivity index (χ4n) is 1.90. The molecule has 0 spiro atoms. The third kappa shape index (κ3) is 3.82. The van der Waals surface area contributed by atoms with Crippen LogP contribution in [0.3, 0.4) is 0 Å². The Bertz CT molecular complexity index is 673. The maximum atomic E-state index is 13.2. The lowest BCUT2D eigenvalue weighted by Gasteiger charge is -2.11. The molecule has 0 saturated carbocycles. The van der Waals surface area contributed by atoms with Crippen molar-refractivity contribution in [2.24, 2.45) is 0 Å². The van der Waals surface area contributed by atoms with Crippen LogP contribution in [0.1, 0.15) is 21.5 Å². The monoisotopic (exact) mass is 351 g/mol. The zero-order valence-electron chi connectivity index (χ0n) is 11.7. The minimum Gasteiger partial charge on any atom is -0.465 e. The van der Waals surface area contributed by atoms with Crippen LogP contribution < -0.4 is 5.32 Å². The quantitative estimate of drug-likeness (QED) is 0.834. The number of carbonyl (C=O) groups is 1. The Morgan fingerprint density at radius 1 is 1.29 bits per heavy atom. The highest BCUT2D eigenvalue weighted by atomic mass is 79.9. The summed E-state index contributed by atoms with van der Waals surface area (Å²) in [4.78, 5) is 11.5. The molecule has 3 nitrogen and oxygen atoms in total. The molecule has 2 rings (SSSR count). The van der Waals surface area contributed by atoms with Gasteiger partial charge in [-0.1, -0.05) is 12.1 Å². The highest BCUT2D eigenvalue weighted by molar-refractivity contribution is 9.10. The van der Waals surface area contributed by atoms with Crippen molar-refractivity contribution in [3.05, 3.63) is 63.4 Å². The van der Waals surface area contributed by atoms with E-state index in [0.29, 0.717) is 16.6 Å². The largest absolute Gasteiger partial charge is 0.465 e. The van der Waals surface area contributed by atoms with E-state index in [1.54, 1.807) is 24.3 Å². The lowest BCUT2D eigenvalue weighted by molar-refractivity contribution is 0.0601. The SMILES string of the molecule is COC(=O)c1ccc(C)c(NCc2ccc(F)c(Br)c2)c1. The van der Waals surface area contributed by atoms with Gasteiger partial charge in [0.2, 0.25) is 0 Å². The zero-order valence-corrected chi connectivity index (χ0v) is 13.3. The second-order valence-electron chi connectivity index (χ2n) is 4.62. The van der Waals surface area contributed by atoms with Crippen LogP contribution in [0.25, 0.3) is 0 Å². The molecule has 0 aliphatic heterocycles. The average molecular weight is 352 g/mol. The van der Waals surface area contributed by atoms with Crippen molar-refractivity contribution >= 4 is 27.6 Å². The van der Waals surface area contributed by atoms with Gasteiger partial charge in [-0.2, -0.15) is 0 Å². The van der Waals surface area contributed by atoms with E-state index in [-0.39, 0.29) is 11.8 Å². The van der Waals surface area contributed by atoms with E-state index in [1.165, 1.54) is 13.2 Å². The molecule has 0 aliphatic rings. The predicted molar refractivity (Wildman–Crippen MR) is 83.9 cm³/mol. The molecule has 0 radical (unpaired) electrons. The molecule has 0 heterocycles. The zero-order chi connectivity index (χ0) is 15.4. The third-order valence-electron chi connectivity index (χ3n) is 3.13. The molecule has 0 unspecified atom stereocenters. The molecule has 0 aliphatic carbocycles. The van der Waals surface area contributed by atoms with Crippen molar-refractivity contribution in [2.45, 2.75) is 13.5 Å². The summed E-state index contributed by atoms with van der Waals surface area (Å²) in [6, 6.07) is 10.2. The van der Waals surface area contributed by atoms with Crippen LogP contribution in [0.5, 0.6) is 0 Å². The van der Waals surface area contributed by atoms with Gasteiger partial charge in [0.05, 0.1) is 17.1 Å². The van der Waals surface area contributed by atoms with Crippen LogP contribution in [0, 0.1) is 12.7 Å². The first kappa shape index (κ1) is 15.5. The number of hydrogen-bond donors (Lipinski definition) is 1. The number of nitrogens with one attached hydrogen (secondary N) is 1. The number of hydrogen-bond acceptors (Lipinski definition) is 3. The molecule has 2 aromatic rings. The van der Waals surface area contributed by atoms with Crippen LogP contribution in [0.2, 0.25) is 0 Å². The van der Waals surface area contributed by atoms with Crippen LogP contribution in [-0.2, 0) is 11.3 Å². The van der Waals surface area contributed by atoms with Crippen molar-refractivity contribution in [2.75, 3.05) is 12.4 Å². The van der Waals surface area contributed by atoms with Gasteiger partial charge in [-0.25, -0.2) is 9.18 Å². The van der Waals surface area contributed by atoms with Gasteiger partial charge in [0.15, 0.2) is 0 Å². The lowest BCUT2D eigenvalue weighted by atomic mass is 10.1. The second kappa shape index (κ2) is 6.72. The van der Waals surface area contributed by atoms with E-state index in [9.17, 15) is 9.18 Å². The first-order chi connectivity index (χ1) is 10.0. The molecule has 2 aromatic carbocycles. The number of methoxy groups -OCH3 is 1. The normalized spacial score (nSPS) is 10.3. The van der Waals surface area contributed by atoms with Gasteiger partial charge in [-0.15, -0.1) is 0 Å². The first-order valence-electron chi connectivity index (χ1n) is 6.38. The van der Waals surface area contributed by atoms with E-state index < -0.39 is 0 Å². The van der Waals surface area contributed by atoms with E-state index in [4.69, 9.17) is 4.74 Å². The van der Waals surface area contributed by atoms with Gasteiger partial charge < -0.3 is 10.1 Å². The summed E-state index contributed by atoms with van der Waals surface area (Å²) < 4.78 is 18.3. The number of aryl methyl sites for hydroxylation is 1. The number of rotatable bonds is 4. The minimum absolute atomic E-state index is 0.289. The Kier molecular flexibility index (Phi) is 4.96. The molecule has 0 fully saturated rings. The number of ether oxygens (including phenoxy) is 1. The molecule has 110 valence electrons. The average Bonchev–Trinajstić information content (AvgIpc) is 2.49. The van der Waals surface area contributed by atoms with Gasteiger partial charge in [0.25, 0.3) is 0 Å². The molecule has 1 N–H and O–H groups in total. The second-order valence-corrected chi connectivity index (χ2v) is 5.48. The summed E-state index contributed by atoms with van der Waals surface area (Å²) in [6.07, 6.45) is 0. The Morgan fingerprint density at radius 3 is 2.71 bits per heavy atom. The van der Waals surface area contributed by atoms with Gasteiger partial charge in [-0.3, -0.25) is 0 Å². The molecule has 0 atom stereocenters. The highest BCUT2D eigenvalue weighted by Gasteiger charge is 2.08. The Hall–Kier alpha value is -1.88. The number of benzene rings is 2.